The molecule has 1 fully saturated rings. The van der Waals surface area contributed by atoms with Crippen molar-refractivity contribution < 1.29 is 8.78 Å². The minimum absolute atomic E-state index is 0.236. The van der Waals surface area contributed by atoms with Crippen LogP contribution in [0.15, 0.2) is 18.2 Å². The van der Waals surface area contributed by atoms with Gasteiger partial charge in [0.1, 0.15) is 11.6 Å². The highest BCUT2D eigenvalue weighted by Crippen LogP contribution is 2.24. The van der Waals surface area contributed by atoms with Gasteiger partial charge >= 0.3 is 0 Å². The number of nitrogens with one attached hydrogen (secondary N) is 1. The number of piperidine rings is 1. The van der Waals surface area contributed by atoms with E-state index < -0.39 is 11.6 Å². The van der Waals surface area contributed by atoms with Crippen molar-refractivity contribution in [1.82, 2.24) is 4.90 Å². The molecule has 1 aliphatic rings. The van der Waals surface area contributed by atoms with Crippen LogP contribution in [0.25, 0.3) is 0 Å². The molecule has 0 spiro atoms. The monoisotopic (exact) mass is 282 g/mol. The molecule has 0 amide bonds. The predicted molar refractivity (Wildman–Crippen MR) is 78.9 cm³/mol. The zero-order valence-corrected chi connectivity index (χ0v) is 12.3. The highest BCUT2D eigenvalue weighted by Gasteiger charge is 2.23. The Kier molecular flexibility index (Phi) is 5.35. The summed E-state index contributed by atoms with van der Waals surface area (Å²) in [4.78, 5) is 2.49. The van der Waals surface area contributed by atoms with Crippen molar-refractivity contribution in [2.75, 3.05) is 25.0 Å². The average Bonchev–Trinajstić information content (AvgIpc) is 2.38. The summed E-state index contributed by atoms with van der Waals surface area (Å²) in [5, 5.41) is 3.24. The first-order chi connectivity index (χ1) is 9.58. The first-order valence-electron chi connectivity index (χ1n) is 7.53. The number of anilines is 1. The fourth-order valence-corrected chi connectivity index (χ4v) is 3.01. The van der Waals surface area contributed by atoms with Crippen molar-refractivity contribution in [2.45, 2.75) is 39.2 Å². The molecule has 1 unspecified atom stereocenters. The maximum atomic E-state index is 13.2. The van der Waals surface area contributed by atoms with E-state index in [9.17, 15) is 8.78 Å². The Labute approximate surface area is 120 Å². The molecule has 112 valence electrons. The van der Waals surface area contributed by atoms with Gasteiger partial charge in [0.25, 0.3) is 0 Å². The van der Waals surface area contributed by atoms with Crippen LogP contribution in [-0.4, -0.2) is 30.6 Å². The summed E-state index contributed by atoms with van der Waals surface area (Å²) in [6.07, 6.45) is 3.49. The van der Waals surface area contributed by atoms with Crippen LogP contribution in [-0.2, 0) is 0 Å². The van der Waals surface area contributed by atoms with Gasteiger partial charge in [-0.25, -0.2) is 8.78 Å². The number of hydrogen-bond acceptors (Lipinski definition) is 2. The molecule has 0 saturated carbocycles. The summed E-state index contributed by atoms with van der Waals surface area (Å²) >= 11 is 0. The van der Waals surface area contributed by atoms with Crippen LogP contribution < -0.4 is 5.32 Å². The molecular weight excluding hydrogens is 258 g/mol. The van der Waals surface area contributed by atoms with Gasteiger partial charge < -0.3 is 10.2 Å². The number of likely N-dealkylation sites (tertiary alicyclic amines) is 1. The van der Waals surface area contributed by atoms with Gasteiger partial charge in [-0.3, -0.25) is 0 Å². The van der Waals surface area contributed by atoms with Crippen molar-refractivity contribution in [2.24, 2.45) is 5.92 Å². The van der Waals surface area contributed by atoms with E-state index in [-0.39, 0.29) is 6.04 Å². The Balaban J connectivity index is 1.87. The molecule has 1 aromatic rings. The number of halogens is 2. The third-order valence-corrected chi connectivity index (χ3v) is 4.14. The van der Waals surface area contributed by atoms with Gasteiger partial charge in [-0.05, 0) is 63.9 Å². The van der Waals surface area contributed by atoms with E-state index in [0.29, 0.717) is 11.6 Å². The molecule has 1 aromatic carbocycles. The molecule has 1 atom stereocenters. The first-order valence-corrected chi connectivity index (χ1v) is 7.53. The van der Waals surface area contributed by atoms with E-state index >= 15 is 0 Å². The van der Waals surface area contributed by atoms with Crippen molar-refractivity contribution in [3.05, 3.63) is 29.8 Å². The second-order valence-electron chi connectivity index (χ2n) is 5.77. The average molecular weight is 282 g/mol. The topological polar surface area (TPSA) is 15.3 Å². The molecule has 1 saturated heterocycles. The molecule has 0 radical (unpaired) electrons. The molecule has 1 heterocycles. The highest BCUT2D eigenvalue weighted by molar-refractivity contribution is 5.44. The predicted octanol–water partition coefficient (Wildman–Crippen LogP) is 3.89. The largest absolute Gasteiger partial charge is 0.382 e. The Morgan fingerprint density at radius 3 is 2.35 bits per heavy atom. The van der Waals surface area contributed by atoms with Crippen LogP contribution >= 0.6 is 0 Å². The summed E-state index contributed by atoms with van der Waals surface area (Å²) in [5.41, 5.74) is 0.533. The van der Waals surface area contributed by atoms with E-state index in [0.717, 1.165) is 32.0 Å². The summed E-state index contributed by atoms with van der Waals surface area (Å²) in [6.45, 7) is 7.73. The van der Waals surface area contributed by atoms with Gasteiger partial charge in [-0.2, -0.15) is 0 Å². The van der Waals surface area contributed by atoms with Crippen molar-refractivity contribution >= 4 is 5.69 Å². The van der Waals surface area contributed by atoms with Crippen molar-refractivity contribution in [3.63, 3.8) is 0 Å². The minimum atomic E-state index is -0.530. The third kappa shape index (κ3) is 4.17. The van der Waals surface area contributed by atoms with Crippen molar-refractivity contribution in [1.29, 1.82) is 0 Å². The molecule has 0 aliphatic carbocycles. The summed E-state index contributed by atoms with van der Waals surface area (Å²) in [7, 11) is 0. The number of rotatable bonds is 5. The number of nitrogens with zero attached hydrogens (tertiary/aromatic N) is 1. The van der Waals surface area contributed by atoms with Gasteiger partial charge in [-0.15, -0.1) is 0 Å². The highest BCUT2D eigenvalue weighted by atomic mass is 19.1. The van der Waals surface area contributed by atoms with E-state index in [1.165, 1.54) is 25.1 Å². The standard InChI is InChI=1S/C16H24F2N2/c1-3-6-20-7-4-13(5-8-20)12(2)19-16-10-14(17)9-15(18)11-16/h9-13,19H,3-8H2,1-2H3. The molecule has 4 heteroatoms. The lowest BCUT2D eigenvalue weighted by Gasteiger charge is -2.35. The van der Waals surface area contributed by atoms with E-state index in [1.807, 2.05) is 0 Å². The van der Waals surface area contributed by atoms with Crippen LogP contribution in [0.4, 0.5) is 14.5 Å². The molecule has 1 aliphatic heterocycles. The van der Waals surface area contributed by atoms with Gasteiger partial charge in [-0.1, -0.05) is 6.92 Å². The zero-order chi connectivity index (χ0) is 14.5. The first kappa shape index (κ1) is 15.2. The van der Waals surface area contributed by atoms with E-state index in [2.05, 4.69) is 24.1 Å². The Morgan fingerprint density at radius 1 is 1.20 bits per heavy atom. The summed E-state index contributed by atoms with van der Waals surface area (Å²) in [6, 6.07) is 3.84. The van der Waals surface area contributed by atoms with E-state index in [1.54, 1.807) is 0 Å². The molecular formula is C16H24F2N2. The van der Waals surface area contributed by atoms with Crippen LogP contribution in [0.5, 0.6) is 0 Å². The van der Waals surface area contributed by atoms with Crippen LogP contribution in [0.2, 0.25) is 0 Å². The maximum Gasteiger partial charge on any atom is 0.128 e. The lowest BCUT2D eigenvalue weighted by molar-refractivity contribution is 0.176. The van der Waals surface area contributed by atoms with Crippen molar-refractivity contribution in [3.8, 4) is 0 Å². The normalized spacial score (nSPS) is 19.0. The fourth-order valence-electron chi connectivity index (χ4n) is 3.01. The second kappa shape index (κ2) is 7.02. The third-order valence-electron chi connectivity index (χ3n) is 4.14. The molecule has 0 bridgehead atoms. The quantitative estimate of drug-likeness (QED) is 0.881. The number of hydrogen-bond donors (Lipinski definition) is 1. The zero-order valence-electron chi connectivity index (χ0n) is 12.3. The van der Waals surface area contributed by atoms with Crippen LogP contribution in [0.3, 0.4) is 0 Å². The van der Waals surface area contributed by atoms with Gasteiger partial charge in [0.15, 0.2) is 0 Å². The SMILES string of the molecule is CCCN1CCC(C(C)Nc2cc(F)cc(F)c2)CC1. The summed E-state index contributed by atoms with van der Waals surface area (Å²) in [5.74, 6) is -0.496. The summed E-state index contributed by atoms with van der Waals surface area (Å²) < 4.78 is 26.3. The lowest BCUT2D eigenvalue weighted by atomic mass is 9.90. The van der Waals surface area contributed by atoms with Gasteiger partial charge in [0.2, 0.25) is 0 Å². The van der Waals surface area contributed by atoms with E-state index in [4.69, 9.17) is 0 Å². The Bertz CT molecular complexity index is 408. The fraction of sp³-hybridized carbons (Fsp3) is 0.625. The molecule has 20 heavy (non-hydrogen) atoms. The van der Waals surface area contributed by atoms with Crippen LogP contribution in [0.1, 0.15) is 33.1 Å². The Hall–Kier alpha value is -1.16. The molecule has 1 N–H and O–H groups in total. The van der Waals surface area contributed by atoms with Gasteiger partial charge in [0, 0.05) is 17.8 Å². The molecule has 0 aromatic heterocycles. The lowest BCUT2D eigenvalue weighted by Crippen LogP contribution is -2.39. The smallest absolute Gasteiger partial charge is 0.128 e. The van der Waals surface area contributed by atoms with Crippen LogP contribution in [0, 0.1) is 17.6 Å². The molecule has 2 nitrogen and oxygen atoms in total. The molecule has 2 rings (SSSR count). The maximum absolute atomic E-state index is 13.2. The second-order valence-corrected chi connectivity index (χ2v) is 5.77. The van der Waals surface area contributed by atoms with Gasteiger partial charge in [0.05, 0.1) is 0 Å². The number of benzene rings is 1. The Morgan fingerprint density at radius 2 is 1.80 bits per heavy atom. The minimum Gasteiger partial charge on any atom is -0.382 e.